The molecule has 0 N–H and O–H groups in total. The van der Waals surface area contributed by atoms with E-state index in [1.165, 1.54) is 20.2 Å². The van der Waals surface area contributed by atoms with E-state index in [1.807, 2.05) is 12.1 Å². The first-order valence-corrected chi connectivity index (χ1v) is 8.46. The van der Waals surface area contributed by atoms with Crippen molar-refractivity contribution in [2.75, 3.05) is 0 Å². The summed E-state index contributed by atoms with van der Waals surface area (Å²) in [6.07, 6.45) is 0. The highest BCUT2D eigenvalue weighted by atomic mass is 35.5. The molecule has 0 saturated heterocycles. The number of hydrogen-bond acceptors (Lipinski definition) is 0. The van der Waals surface area contributed by atoms with Crippen molar-refractivity contribution in [3.63, 3.8) is 0 Å². The zero-order valence-corrected chi connectivity index (χ0v) is 13.4. The molecule has 1 unspecified atom stereocenters. The average Bonchev–Trinajstić information content (AvgIpc) is 2.52. The summed E-state index contributed by atoms with van der Waals surface area (Å²) in [5.41, 5.74) is 1.28. The Kier molecular flexibility index (Phi) is 4.33. The predicted octanol–water partition coefficient (Wildman–Crippen LogP) is 5.74. The summed E-state index contributed by atoms with van der Waals surface area (Å²) in [7, 11) is -0.0898. The van der Waals surface area contributed by atoms with Gasteiger partial charge in [0.05, 0.1) is 10.9 Å². The molecule has 0 spiro atoms. The molecule has 0 heterocycles. The monoisotopic (exact) mass is 311 g/mol. The van der Waals surface area contributed by atoms with Crippen molar-refractivity contribution in [3.05, 3.63) is 89.4 Å². The van der Waals surface area contributed by atoms with Gasteiger partial charge in [-0.3, -0.25) is 0 Å². The highest BCUT2D eigenvalue weighted by Gasteiger charge is 2.28. The van der Waals surface area contributed by atoms with Crippen LogP contribution in [0, 0.1) is 6.92 Å². The molecule has 0 fully saturated rings. The first-order valence-electron chi connectivity index (χ1n) is 6.85. The molecule has 0 bridgehead atoms. The van der Waals surface area contributed by atoms with Gasteiger partial charge in [0.1, 0.15) is 0 Å². The van der Waals surface area contributed by atoms with E-state index in [0.29, 0.717) is 0 Å². The van der Waals surface area contributed by atoms with Crippen LogP contribution in [0.1, 0.15) is 5.56 Å². The molecule has 0 aromatic heterocycles. The second kappa shape index (κ2) is 6.38. The Morgan fingerprint density at radius 1 is 0.619 bits per heavy atom. The molecule has 0 aliphatic carbocycles. The fourth-order valence-electron chi connectivity index (χ4n) is 2.21. The number of aryl methyl sites for hydroxylation is 1. The Morgan fingerprint density at radius 3 is 1.67 bits per heavy atom. The van der Waals surface area contributed by atoms with Gasteiger partial charge in [-0.15, -0.1) is 0 Å². The normalized spacial score (nSPS) is 12.1. The molecule has 0 saturated carbocycles. The van der Waals surface area contributed by atoms with Crippen molar-refractivity contribution in [3.8, 4) is 0 Å². The van der Waals surface area contributed by atoms with Crippen LogP contribution in [0.4, 0.5) is 0 Å². The second-order valence-electron chi connectivity index (χ2n) is 4.89. The first kappa shape index (κ1) is 14.2. The number of rotatable bonds is 3. The second-order valence-corrected chi connectivity index (χ2v) is 7.35. The van der Waals surface area contributed by atoms with E-state index in [2.05, 4.69) is 73.7 Å². The highest BCUT2D eigenvalue weighted by Crippen LogP contribution is 2.31. The van der Waals surface area contributed by atoms with Crippen molar-refractivity contribution in [2.45, 2.75) is 21.6 Å². The van der Waals surface area contributed by atoms with Crippen LogP contribution in [0.15, 0.2) is 93.5 Å². The van der Waals surface area contributed by atoms with Gasteiger partial charge in [-0.1, -0.05) is 47.5 Å². The lowest BCUT2D eigenvalue weighted by Crippen LogP contribution is -2.04. The maximum atomic E-state index is 6.03. The van der Waals surface area contributed by atoms with Crippen LogP contribution in [-0.4, -0.2) is 0 Å². The van der Waals surface area contributed by atoms with E-state index in [9.17, 15) is 0 Å². The van der Waals surface area contributed by atoms with Crippen LogP contribution in [0.2, 0.25) is 5.02 Å². The molecule has 3 aromatic carbocycles. The molecule has 1 atom stereocenters. The predicted molar refractivity (Wildman–Crippen MR) is 91.2 cm³/mol. The Balaban J connectivity index is 2.11. The topological polar surface area (TPSA) is 0 Å². The molecular weight excluding hydrogens is 296 g/mol. The molecule has 0 radical (unpaired) electrons. The highest BCUT2D eigenvalue weighted by molar-refractivity contribution is 7.97. The quantitative estimate of drug-likeness (QED) is 0.541. The Hall–Kier alpha value is -1.70. The van der Waals surface area contributed by atoms with Gasteiger partial charge in [0.15, 0.2) is 14.7 Å². The van der Waals surface area contributed by atoms with Gasteiger partial charge in [-0.05, 0) is 55.5 Å². The first-order chi connectivity index (χ1) is 10.2. The van der Waals surface area contributed by atoms with Crippen molar-refractivity contribution in [1.29, 1.82) is 0 Å². The molecule has 0 nitrogen and oxygen atoms in total. The molecule has 21 heavy (non-hydrogen) atoms. The third-order valence-corrected chi connectivity index (χ3v) is 5.77. The van der Waals surface area contributed by atoms with E-state index >= 15 is 0 Å². The molecule has 104 valence electrons. The summed E-state index contributed by atoms with van der Waals surface area (Å²) in [5.74, 6) is 0. The van der Waals surface area contributed by atoms with Crippen molar-refractivity contribution >= 4 is 22.5 Å². The van der Waals surface area contributed by atoms with E-state index in [0.717, 1.165) is 5.02 Å². The van der Waals surface area contributed by atoms with Gasteiger partial charge in [-0.25, -0.2) is 0 Å². The van der Waals surface area contributed by atoms with Gasteiger partial charge in [0.2, 0.25) is 0 Å². The van der Waals surface area contributed by atoms with Gasteiger partial charge < -0.3 is 0 Å². The summed E-state index contributed by atoms with van der Waals surface area (Å²) < 4.78 is 0. The standard InChI is InChI=1S/C19H16ClS/c1-15-7-11-18(12-8-15)21(17-5-3-2-4-6-17)19-13-9-16(20)10-14-19/h2-14H,1H3/q+1. The van der Waals surface area contributed by atoms with E-state index < -0.39 is 0 Å². The van der Waals surface area contributed by atoms with Gasteiger partial charge in [0.25, 0.3) is 0 Å². The minimum atomic E-state index is -0.0898. The van der Waals surface area contributed by atoms with E-state index in [4.69, 9.17) is 11.6 Å². The van der Waals surface area contributed by atoms with Crippen LogP contribution in [0.3, 0.4) is 0 Å². The van der Waals surface area contributed by atoms with Crippen molar-refractivity contribution in [2.24, 2.45) is 0 Å². The van der Waals surface area contributed by atoms with Gasteiger partial charge >= 0.3 is 0 Å². The summed E-state index contributed by atoms with van der Waals surface area (Å²) in [6.45, 7) is 2.12. The lowest BCUT2D eigenvalue weighted by molar-refractivity contribution is 1.30. The molecule has 2 heteroatoms. The van der Waals surface area contributed by atoms with E-state index in [-0.39, 0.29) is 10.9 Å². The molecular formula is C19H16ClS+. The zero-order chi connectivity index (χ0) is 14.7. The van der Waals surface area contributed by atoms with E-state index in [1.54, 1.807) is 0 Å². The fourth-order valence-corrected chi connectivity index (χ4v) is 4.40. The van der Waals surface area contributed by atoms with Crippen LogP contribution in [0.5, 0.6) is 0 Å². The molecule has 0 aliphatic rings. The fraction of sp³-hybridized carbons (Fsp3) is 0.0526. The van der Waals surface area contributed by atoms with Gasteiger partial charge in [0, 0.05) is 5.02 Å². The molecule has 0 aliphatic heterocycles. The maximum Gasteiger partial charge on any atom is 0.166 e. The van der Waals surface area contributed by atoms with Crippen molar-refractivity contribution < 1.29 is 0 Å². The number of halogens is 1. The smallest absolute Gasteiger partial charge is 0.0843 e. The summed E-state index contributed by atoms with van der Waals surface area (Å²) >= 11 is 6.03. The summed E-state index contributed by atoms with van der Waals surface area (Å²) in [5, 5.41) is 0.777. The lowest BCUT2D eigenvalue weighted by atomic mass is 10.2. The Bertz CT molecular complexity index is 657. The minimum Gasteiger partial charge on any atom is -0.0843 e. The molecule has 3 aromatic rings. The maximum absolute atomic E-state index is 6.03. The third kappa shape index (κ3) is 3.31. The minimum absolute atomic E-state index is 0.0898. The summed E-state index contributed by atoms with van der Waals surface area (Å²) in [4.78, 5) is 3.94. The van der Waals surface area contributed by atoms with Crippen LogP contribution in [-0.2, 0) is 10.9 Å². The van der Waals surface area contributed by atoms with Gasteiger partial charge in [-0.2, -0.15) is 0 Å². The SMILES string of the molecule is Cc1ccc([S+](c2ccccc2)c2ccc(Cl)cc2)cc1. The van der Waals surface area contributed by atoms with Crippen molar-refractivity contribution in [1.82, 2.24) is 0 Å². The molecule has 0 amide bonds. The molecule has 3 rings (SSSR count). The average molecular weight is 312 g/mol. The van der Waals surface area contributed by atoms with Crippen LogP contribution >= 0.6 is 11.6 Å². The zero-order valence-electron chi connectivity index (χ0n) is 11.8. The Morgan fingerprint density at radius 2 is 1.10 bits per heavy atom. The number of benzene rings is 3. The Labute approximate surface area is 133 Å². The lowest BCUT2D eigenvalue weighted by Gasteiger charge is -2.08. The van der Waals surface area contributed by atoms with Crippen LogP contribution in [0.25, 0.3) is 0 Å². The largest absolute Gasteiger partial charge is 0.166 e. The van der Waals surface area contributed by atoms with Crippen LogP contribution < -0.4 is 0 Å². The number of hydrogen-bond donors (Lipinski definition) is 0. The summed E-state index contributed by atoms with van der Waals surface area (Å²) in [6, 6.07) is 27.6. The third-order valence-electron chi connectivity index (χ3n) is 3.28.